The number of anilines is 2. The number of sulfonamides is 2. The van der Waals surface area contributed by atoms with Gasteiger partial charge in [-0.25, -0.2) is 21.6 Å². The van der Waals surface area contributed by atoms with Crippen molar-refractivity contribution in [3.05, 3.63) is 84.4 Å². The van der Waals surface area contributed by atoms with Gasteiger partial charge in [0.05, 0.1) is 42.0 Å². The molecule has 58 heavy (non-hydrogen) atoms. The first-order chi connectivity index (χ1) is 27.2. The van der Waals surface area contributed by atoms with Crippen LogP contribution in [0.15, 0.2) is 83.1 Å². The quantitative estimate of drug-likeness (QED) is 0.0698. The maximum Gasteiger partial charge on any atom is 0.573 e. The van der Waals surface area contributed by atoms with Crippen molar-refractivity contribution in [2.45, 2.75) is 60.7 Å². The fourth-order valence-electron chi connectivity index (χ4n) is 5.45. The number of alkyl halides is 6. The number of benzene rings is 2. The van der Waals surface area contributed by atoms with E-state index in [0.29, 0.717) is 24.3 Å². The van der Waals surface area contributed by atoms with E-state index in [0.717, 1.165) is 82.1 Å². The number of esters is 1. The molecule has 1 fully saturated rings. The lowest BCUT2D eigenvalue weighted by molar-refractivity contribution is -0.276. The molecule has 24 heteroatoms. The van der Waals surface area contributed by atoms with Gasteiger partial charge in [-0.1, -0.05) is 19.3 Å². The Kier molecular flexibility index (Phi) is 13.1. The van der Waals surface area contributed by atoms with Gasteiger partial charge >= 0.3 is 18.7 Å². The zero-order valence-corrected chi connectivity index (χ0v) is 31.4. The Labute approximate surface area is 325 Å². The number of aromatic nitrogens is 2. The Hall–Kier alpha value is -6.04. The second kappa shape index (κ2) is 17.6. The van der Waals surface area contributed by atoms with Gasteiger partial charge in [-0.2, -0.15) is 0 Å². The second-order valence-corrected chi connectivity index (χ2v) is 15.5. The monoisotopic (exact) mass is 863 g/mol. The predicted octanol–water partition coefficient (Wildman–Crippen LogP) is 6.14. The normalized spacial score (nSPS) is 13.8. The van der Waals surface area contributed by atoms with Crippen LogP contribution in [0.1, 0.15) is 52.8 Å². The topological polar surface area (TPSA) is 210 Å². The van der Waals surface area contributed by atoms with Crippen LogP contribution in [0.25, 0.3) is 0 Å². The molecule has 1 aliphatic rings. The summed E-state index contributed by atoms with van der Waals surface area (Å²) in [5.74, 6) is -4.74. The number of methoxy groups -OCH3 is 1. The summed E-state index contributed by atoms with van der Waals surface area (Å²) in [7, 11) is -8.80. The molecular weight excluding hydrogens is 833 g/mol. The van der Waals surface area contributed by atoms with E-state index in [1.807, 2.05) is 4.72 Å². The molecule has 0 spiro atoms. The Balaban J connectivity index is 1.38. The van der Waals surface area contributed by atoms with Gasteiger partial charge in [0.25, 0.3) is 26.0 Å². The molecule has 312 valence electrons. The van der Waals surface area contributed by atoms with Gasteiger partial charge in [0.1, 0.15) is 32.8 Å². The van der Waals surface area contributed by atoms with Crippen LogP contribution >= 0.6 is 0 Å². The Bertz CT molecular complexity index is 2360. The van der Waals surface area contributed by atoms with Crippen LogP contribution in [0.2, 0.25) is 0 Å². The lowest BCUT2D eigenvalue weighted by Crippen LogP contribution is -2.36. The Morgan fingerprint density at radius 2 is 1.22 bits per heavy atom. The first-order valence-electron chi connectivity index (χ1n) is 16.6. The zero-order valence-electron chi connectivity index (χ0n) is 29.7. The number of ether oxygens (including phenoxy) is 5. The molecule has 2 aromatic carbocycles. The molecule has 3 N–H and O–H groups in total. The molecule has 0 atom stereocenters. The van der Waals surface area contributed by atoms with Crippen molar-refractivity contribution in [3.63, 3.8) is 0 Å². The third-order valence-electron chi connectivity index (χ3n) is 7.91. The summed E-state index contributed by atoms with van der Waals surface area (Å²) in [5.41, 5.74) is -0.835. The van der Waals surface area contributed by atoms with E-state index in [1.54, 1.807) is 0 Å². The smallest absolute Gasteiger partial charge is 0.465 e. The zero-order chi connectivity index (χ0) is 42.3. The van der Waals surface area contributed by atoms with Crippen LogP contribution in [0.5, 0.6) is 23.0 Å². The van der Waals surface area contributed by atoms with Crippen molar-refractivity contribution >= 4 is 43.3 Å². The Morgan fingerprint density at radius 3 is 1.83 bits per heavy atom. The van der Waals surface area contributed by atoms with Crippen LogP contribution < -0.4 is 33.7 Å². The number of hydrogen-bond donors (Lipinski definition) is 3. The Morgan fingerprint density at radius 1 is 0.690 bits per heavy atom. The number of amides is 1. The van der Waals surface area contributed by atoms with E-state index in [4.69, 9.17) is 9.47 Å². The average Bonchev–Trinajstić information content (AvgIpc) is 3.14. The largest absolute Gasteiger partial charge is 0.573 e. The highest BCUT2D eigenvalue weighted by Crippen LogP contribution is 2.36. The number of nitrogens with zero attached hydrogens (tertiary/aromatic N) is 2. The number of pyridine rings is 2. The molecule has 0 bridgehead atoms. The van der Waals surface area contributed by atoms with Crippen LogP contribution in [0, 0.1) is 0 Å². The van der Waals surface area contributed by atoms with Crippen LogP contribution in [-0.2, 0) is 24.8 Å². The van der Waals surface area contributed by atoms with Gasteiger partial charge in [0.2, 0.25) is 6.79 Å². The highest BCUT2D eigenvalue weighted by atomic mass is 32.2. The van der Waals surface area contributed by atoms with Gasteiger partial charge in [-0.15, -0.1) is 26.3 Å². The van der Waals surface area contributed by atoms with E-state index < -0.39 is 84.2 Å². The van der Waals surface area contributed by atoms with Crippen molar-refractivity contribution in [1.82, 2.24) is 15.3 Å². The third-order valence-corrected chi connectivity index (χ3v) is 10.7. The minimum Gasteiger partial charge on any atom is -0.465 e. The van der Waals surface area contributed by atoms with Crippen molar-refractivity contribution in [2.75, 3.05) is 23.3 Å². The summed E-state index contributed by atoms with van der Waals surface area (Å²) in [4.78, 5) is 30.2. The van der Waals surface area contributed by atoms with Crippen molar-refractivity contribution in [1.29, 1.82) is 0 Å². The molecule has 4 aromatic rings. The molecule has 0 radical (unpaired) electrons. The van der Waals surface area contributed by atoms with Gasteiger partial charge in [-0.3, -0.25) is 24.2 Å². The minimum atomic E-state index is -5.36. The molecule has 0 aliphatic heterocycles. The summed E-state index contributed by atoms with van der Waals surface area (Å²) < 4.78 is 160. The van der Waals surface area contributed by atoms with Crippen molar-refractivity contribution in [3.8, 4) is 23.0 Å². The molecule has 16 nitrogen and oxygen atoms in total. The van der Waals surface area contributed by atoms with Crippen LogP contribution in [0.3, 0.4) is 0 Å². The molecule has 1 amide bonds. The van der Waals surface area contributed by atoms with E-state index in [1.165, 1.54) is 6.20 Å². The number of halogens is 6. The number of nitrogens with one attached hydrogen (secondary N) is 3. The maximum absolute atomic E-state index is 13.6. The number of hydrogen-bond acceptors (Lipinski definition) is 13. The second-order valence-electron chi connectivity index (χ2n) is 12.2. The van der Waals surface area contributed by atoms with Crippen LogP contribution in [-0.4, -0.2) is 71.3 Å². The van der Waals surface area contributed by atoms with Crippen molar-refractivity contribution < 1.29 is 76.5 Å². The van der Waals surface area contributed by atoms with Crippen molar-refractivity contribution in [2.24, 2.45) is 0 Å². The van der Waals surface area contributed by atoms with Gasteiger partial charge < -0.3 is 29.0 Å². The SMILES string of the molecule is COC(=O)c1cncc(NS(=O)(=O)c2cc(OCOc3ccc(OC(F)(F)F)cc3S(=O)(=O)Nc3cncc(C(=O)NC4CCCCC4)c3)ccc2OC(F)(F)F)c1. The molecule has 1 aliphatic carbocycles. The minimum absolute atomic E-state index is 0.0144. The molecule has 1 saturated carbocycles. The highest BCUT2D eigenvalue weighted by Gasteiger charge is 2.35. The first kappa shape index (κ1) is 43.1. The van der Waals surface area contributed by atoms with E-state index in [9.17, 15) is 52.8 Å². The lowest BCUT2D eigenvalue weighted by Gasteiger charge is -2.22. The van der Waals surface area contributed by atoms with E-state index >= 15 is 0 Å². The fourth-order valence-corrected chi connectivity index (χ4v) is 7.83. The number of rotatable bonds is 15. The van der Waals surface area contributed by atoms with Gasteiger partial charge in [0.15, 0.2) is 0 Å². The van der Waals surface area contributed by atoms with Gasteiger partial charge in [0, 0.05) is 30.6 Å². The van der Waals surface area contributed by atoms with E-state index in [-0.39, 0.29) is 28.5 Å². The fraction of sp³-hybridized carbons (Fsp3) is 0.294. The summed E-state index contributed by atoms with van der Waals surface area (Å²) in [6.07, 6.45) is -2.00. The van der Waals surface area contributed by atoms with Gasteiger partial charge in [-0.05, 0) is 49.2 Å². The first-order valence-corrected chi connectivity index (χ1v) is 19.6. The van der Waals surface area contributed by atoms with Crippen LogP contribution in [0.4, 0.5) is 37.7 Å². The highest BCUT2D eigenvalue weighted by molar-refractivity contribution is 7.93. The third kappa shape index (κ3) is 12.0. The molecule has 5 rings (SSSR count). The lowest BCUT2D eigenvalue weighted by atomic mass is 9.95. The summed E-state index contributed by atoms with van der Waals surface area (Å²) in [5, 5.41) is 2.85. The number of carbonyl (C=O) groups is 2. The summed E-state index contributed by atoms with van der Waals surface area (Å²) >= 11 is 0. The molecular formula is C34H31F6N5O11S2. The maximum atomic E-state index is 13.6. The summed E-state index contributed by atoms with van der Waals surface area (Å²) in [6.45, 7) is -1.00. The molecule has 2 aromatic heterocycles. The number of carbonyl (C=O) groups excluding carboxylic acids is 2. The van der Waals surface area contributed by atoms with E-state index in [2.05, 4.69) is 34.2 Å². The standard InChI is InChI=1S/C34H31F6N5O11S2/c1-52-32(47)21-12-24(18-42-16-21)45-58(50,51)30-13-25(7-10-28(30)56-34(38,39)40)53-19-54-27-9-8-26(55-33(35,36)37)14-29(27)57(48,49)44-23-11-20(15-41-17-23)31(46)43-22-5-3-2-4-6-22/h7-18,22,44-45H,2-6,19H2,1H3,(H,43,46). The molecule has 2 heterocycles. The molecule has 0 unspecified atom stereocenters. The molecule has 0 saturated heterocycles. The summed E-state index contributed by atoms with van der Waals surface area (Å²) in [6, 6.07) is 6.03. The predicted molar refractivity (Wildman–Crippen MR) is 188 cm³/mol. The average molecular weight is 864 g/mol.